The van der Waals surface area contributed by atoms with Gasteiger partial charge in [0.15, 0.2) is 5.78 Å². The summed E-state index contributed by atoms with van der Waals surface area (Å²) in [5.74, 6) is -0.0856. The van der Waals surface area contributed by atoms with Crippen molar-refractivity contribution < 1.29 is 9.59 Å². The summed E-state index contributed by atoms with van der Waals surface area (Å²) >= 11 is 0. The number of benzene rings is 2. The molecule has 1 aliphatic rings. The quantitative estimate of drug-likeness (QED) is 0.824. The zero-order valence-electron chi connectivity index (χ0n) is 14.4. The van der Waals surface area contributed by atoms with Crippen LogP contribution in [0.4, 0.5) is 0 Å². The lowest BCUT2D eigenvalue weighted by molar-refractivity contribution is -0.118. The molecule has 2 aromatic rings. The van der Waals surface area contributed by atoms with E-state index in [0.29, 0.717) is 19.5 Å². The maximum atomic E-state index is 12.8. The number of nitrogens with two attached hydrogens (primary N) is 1. The van der Waals surface area contributed by atoms with E-state index in [-0.39, 0.29) is 17.6 Å². The van der Waals surface area contributed by atoms with Crippen molar-refractivity contribution in [2.45, 2.75) is 19.3 Å². The van der Waals surface area contributed by atoms with Gasteiger partial charge < -0.3 is 10.6 Å². The number of carbonyl (C=O) groups excluding carboxylic acids is 2. The average molecular weight is 336 g/mol. The number of amides is 1. The van der Waals surface area contributed by atoms with Gasteiger partial charge in [-0.1, -0.05) is 54.6 Å². The Kier molecular flexibility index (Phi) is 5.61. The smallest absolute Gasteiger partial charge is 0.218 e. The van der Waals surface area contributed by atoms with Crippen LogP contribution in [0, 0.1) is 5.92 Å². The van der Waals surface area contributed by atoms with E-state index in [2.05, 4.69) is 17.0 Å². The summed E-state index contributed by atoms with van der Waals surface area (Å²) in [5, 5.41) is 0. The minimum absolute atomic E-state index is 0.00389. The molecule has 1 atom stereocenters. The number of hydrogen-bond donors (Lipinski definition) is 1. The third kappa shape index (κ3) is 4.54. The van der Waals surface area contributed by atoms with Crippen molar-refractivity contribution in [1.82, 2.24) is 4.90 Å². The molecule has 0 saturated carbocycles. The molecule has 25 heavy (non-hydrogen) atoms. The summed E-state index contributed by atoms with van der Waals surface area (Å²) in [6.07, 6.45) is 2.25. The molecule has 4 heteroatoms. The molecule has 1 aliphatic heterocycles. The summed E-state index contributed by atoms with van der Waals surface area (Å²) < 4.78 is 0. The third-order valence-electron chi connectivity index (χ3n) is 4.83. The standard InChI is InChI=1S/C21H24N2O2/c22-20(24)12-14-23-13-4-7-19(15-23)21(25)18-10-8-17(9-11-18)16-5-2-1-3-6-16/h1-3,5-6,8-11,19H,4,7,12-15H2,(H2,22,24)/t19-/m0/s1. The van der Waals surface area contributed by atoms with Gasteiger partial charge in [0.25, 0.3) is 0 Å². The maximum Gasteiger partial charge on any atom is 0.218 e. The highest BCUT2D eigenvalue weighted by molar-refractivity contribution is 5.98. The van der Waals surface area contributed by atoms with Crippen LogP contribution in [-0.2, 0) is 4.79 Å². The van der Waals surface area contributed by atoms with E-state index in [1.807, 2.05) is 42.5 Å². The molecule has 2 N–H and O–H groups in total. The first kappa shape index (κ1) is 17.4. The zero-order valence-corrected chi connectivity index (χ0v) is 14.4. The van der Waals surface area contributed by atoms with Crippen LogP contribution in [0.5, 0.6) is 0 Å². The monoisotopic (exact) mass is 336 g/mol. The van der Waals surface area contributed by atoms with Crippen LogP contribution in [-0.4, -0.2) is 36.2 Å². The van der Waals surface area contributed by atoms with Crippen LogP contribution in [0.2, 0.25) is 0 Å². The first-order chi connectivity index (χ1) is 12.1. The van der Waals surface area contributed by atoms with E-state index in [0.717, 1.165) is 36.1 Å². The van der Waals surface area contributed by atoms with E-state index in [9.17, 15) is 9.59 Å². The Hall–Kier alpha value is -2.46. The molecular weight excluding hydrogens is 312 g/mol. The number of carbonyl (C=O) groups is 2. The first-order valence-electron chi connectivity index (χ1n) is 8.84. The highest BCUT2D eigenvalue weighted by Gasteiger charge is 2.26. The van der Waals surface area contributed by atoms with Gasteiger partial charge >= 0.3 is 0 Å². The molecule has 1 heterocycles. The lowest BCUT2D eigenvalue weighted by Gasteiger charge is -2.31. The summed E-state index contributed by atoms with van der Waals surface area (Å²) in [4.78, 5) is 25.9. The Labute approximate surface area is 148 Å². The molecule has 4 nitrogen and oxygen atoms in total. The van der Waals surface area contributed by atoms with Crippen LogP contribution >= 0.6 is 0 Å². The van der Waals surface area contributed by atoms with Gasteiger partial charge in [0.05, 0.1) is 0 Å². The van der Waals surface area contributed by atoms with Crippen molar-refractivity contribution in [3.05, 3.63) is 60.2 Å². The van der Waals surface area contributed by atoms with E-state index in [4.69, 9.17) is 5.73 Å². The predicted octanol–water partition coefficient (Wildman–Crippen LogP) is 3.12. The van der Waals surface area contributed by atoms with Crippen molar-refractivity contribution >= 4 is 11.7 Å². The fourth-order valence-electron chi connectivity index (χ4n) is 3.43. The second kappa shape index (κ2) is 8.08. The first-order valence-corrected chi connectivity index (χ1v) is 8.84. The Morgan fingerprint density at radius 1 is 1.00 bits per heavy atom. The molecule has 0 aromatic heterocycles. The lowest BCUT2D eigenvalue weighted by Crippen LogP contribution is -2.40. The topological polar surface area (TPSA) is 63.4 Å². The maximum absolute atomic E-state index is 12.8. The minimum atomic E-state index is -0.287. The van der Waals surface area contributed by atoms with Gasteiger partial charge in [-0.15, -0.1) is 0 Å². The summed E-state index contributed by atoms with van der Waals surface area (Å²) in [7, 11) is 0. The van der Waals surface area contributed by atoms with Crippen molar-refractivity contribution in [1.29, 1.82) is 0 Å². The van der Waals surface area contributed by atoms with Gasteiger partial charge in [0, 0.05) is 31.0 Å². The van der Waals surface area contributed by atoms with E-state index < -0.39 is 0 Å². The van der Waals surface area contributed by atoms with Gasteiger partial charge in [0.1, 0.15) is 0 Å². The van der Waals surface area contributed by atoms with E-state index in [1.165, 1.54) is 0 Å². The van der Waals surface area contributed by atoms with Crippen LogP contribution in [0.1, 0.15) is 29.6 Å². The van der Waals surface area contributed by atoms with Crippen LogP contribution < -0.4 is 5.73 Å². The second-order valence-corrected chi connectivity index (χ2v) is 6.66. The Balaban J connectivity index is 1.65. The van der Waals surface area contributed by atoms with Gasteiger partial charge in [-0.25, -0.2) is 0 Å². The van der Waals surface area contributed by atoms with Crippen molar-refractivity contribution in [3.8, 4) is 11.1 Å². The molecule has 2 aromatic carbocycles. The van der Waals surface area contributed by atoms with Gasteiger partial charge in [-0.2, -0.15) is 0 Å². The Morgan fingerprint density at radius 2 is 1.68 bits per heavy atom. The Bertz CT molecular complexity index is 725. The molecule has 130 valence electrons. The molecule has 1 fully saturated rings. The number of likely N-dealkylation sites (tertiary alicyclic amines) is 1. The second-order valence-electron chi connectivity index (χ2n) is 6.66. The molecule has 0 bridgehead atoms. The fourth-order valence-corrected chi connectivity index (χ4v) is 3.43. The summed E-state index contributed by atoms with van der Waals surface area (Å²) in [5.41, 5.74) is 8.25. The Morgan fingerprint density at radius 3 is 2.36 bits per heavy atom. The van der Waals surface area contributed by atoms with E-state index >= 15 is 0 Å². The number of piperidine rings is 1. The van der Waals surface area contributed by atoms with Crippen molar-refractivity contribution in [2.24, 2.45) is 11.7 Å². The van der Waals surface area contributed by atoms with Crippen LogP contribution in [0.25, 0.3) is 11.1 Å². The third-order valence-corrected chi connectivity index (χ3v) is 4.83. The SMILES string of the molecule is NC(=O)CCN1CCC[C@H](C(=O)c2ccc(-c3ccccc3)cc2)C1. The molecule has 1 saturated heterocycles. The number of nitrogens with zero attached hydrogens (tertiary/aromatic N) is 1. The molecular formula is C21H24N2O2. The number of primary amides is 1. The highest BCUT2D eigenvalue weighted by atomic mass is 16.1. The van der Waals surface area contributed by atoms with Gasteiger partial charge in [-0.05, 0) is 30.5 Å². The molecule has 0 aliphatic carbocycles. The molecule has 0 spiro atoms. The summed E-state index contributed by atoms with van der Waals surface area (Å²) in [6.45, 7) is 2.29. The summed E-state index contributed by atoms with van der Waals surface area (Å²) in [6, 6.07) is 18.0. The number of Topliss-reactive ketones (excluding diaryl/α,β-unsaturated/α-hetero) is 1. The van der Waals surface area contributed by atoms with Gasteiger partial charge in [-0.3, -0.25) is 9.59 Å². The van der Waals surface area contributed by atoms with Crippen LogP contribution in [0.15, 0.2) is 54.6 Å². The van der Waals surface area contributed by atoms with Crippen LogP contribution in [0.3, 0.4) is 0 Å². The van der Waals surface area contributed by atoms with Gasteiger partial charge in [0.2, 0.25) is 5.91 Å². The number of ketones is 1. The van der Waals surface area contributed by atoms with E-state index in [1.54, 1.807) is 0 Å². The normalized spacial score (nSPS) is 18.0. The van der Waals surface area contributed by atoms with Crippen molar-refractivity contribution in [3.63, 3.8) is 0 Å². The van der Waals surface area contributed by atoms with Crippen molar-refractivity contribution in [2.75, 3.05) is 19.6 Å². The largest absolute Gasteiger partial charge is 0.370 e. The predicted molar refractivity (Wildman–Crippen MR) is 99.2 cm³/mol. The minimum Gasteiger partial charge on any atom is -0.370 e. The molecule has 1 amide bonds. The molecule has 0 radical (unpaired) electrons. The average Bonchev–Trinajstić information content (AvgIpc) is 2.67. The molecule has 0 unspecified atom stereocenters. The zero-order chi connectivity index (χ0) is 17.6. The number of hydrogen-bond acceptors (Lipinski definition) is 3. The molecule has 3 rings (SSSR count). The highest BCUT2D eigenvalue weighted by Crippen LogP contribution is 2.24. The fraction of sp³-hybridized carbons (Fsp3) is 0.333. The lowest BCUT2D eigenvalue weighted by atomic mass is 9.89. The number of rotatable bonds is 6.